The lowest BCUT2D eigenvalue weighted by molar-refractivity contribution is -0.119. The Bertz CT molecular complexity index is 1840. The van der Waals surface area contributed by atoms with E-state index in [4.69, 9.17) is 9.72 Å². The van der Waals surface area contributed by atoms with Gasteiger partial charge in [-0.05, 0) is 67.1 Å². The van der Waals surface area contributed by atoms with Gasteiger partial charge in [0.15, 0.2) is 0 Å². The largest absolute Gasteiger partial charge is 0.481 e. The highest BCUT2D eigenvalue weighted by molar-refractivity contribution is 6.04. The molecule has 10 nitrogen and oxygen atoms in total. The van der Waals surface area contributed by atoms with Gasteiger partial charge >= 0.3 is 0 Å². The van der Waals surface area contributed by atoms with Crippen molar-refractivity contribution >= 4 is 17.5 Å². The molecule has 44 heavy (non-hydrogen) atoms. The summed E-state index contributed by atoms with van der Waals surface area (Å²) in [5.41, 5.74) is 4.34. The second-order valence-electron chi connectivity index (χ2n) is 11.2. The van der Waals surface area contributed by atoms with E-state index in [0.29, 0.717) is 52.5 Å². The minimum atomic E-state index is -0.572. The third-order valence-electron chi connectivity index (χ3n) is 8.45. The van der Waals surface area contributed by atoms with Crippen molar-refractivity contribution in [3.63, 3.8) is 0 Å². The quantitative estimate of drug-likeness (QED) is 0.280. The first-order valence-electron chi connectivity index (χ1n) is 14.6. The van der Waals surface area contributed by atoms with Crippen molar-refractivity contribution in [3.05, 3.63) is 93.2 Å². The standard InChI is InChI=1S/C33H33FN6O4/c1-18-21(6-5-9-25(18)38-31(42)24-14-15-36-40(2)33(24)43)22-7-4-8-23(30(22)34)27-16-19-10-12-26(29(19)32(39-27)44-3)35-17-20-11-13-28(41)37-20/h4-9,14-16,20,26,35H,10-13,17H2,1-3H3,(H,37,41)(H,38,42)/t20-,26-/m0/s1. The summed E-state index contributed by atoms with van der Waals surface area (Å²) in [5, 5.41) is 13.2. The van der Waals surface area contributed by atoms with Gasteiger partial charge in [-0.2, -0.15) is 5.10 Å². The van der Waals surface area contributed by atoms with Crippen molar-refractivity contribution in [3.8, 4) is 28.3 Å². The molecule has 11 heteroatoms. The van der Waals surface area contributed by atoms with E-state index in [0.717, 1.165) is 35.1 Å². The molecule has 0 bridgehead atoms. The number of benzene rings is 2. The van der Waals surface area contributed by atoms with Gasteiger partial charge in [-0.15, -0.1) is 0 Å². The van der Waals surface area contributed by atoms with Gasteiger partial charge in [0.25, 0.3) is 11.5 Å². The molecular weight excluding hydrogens is 563 g/mol. The molecule has 2 aromatic heterocycles. The van der Waals surface area contributed by atoms with E-state index >= 15 is 4.39 Å². The van der Waals surface area contributed by atoms with E-state index in [2.05, 4.69) is 21.0 Å². The van der Waals surface area contributed by atoms with Gasteiger partial charge in [0.1, 0.15) is 11.4 Å². The maximum absolute atomic E-state index is 16.3. The molecule has 1 aliphatic carbocycles. The molecule has 0 unspecified atom stereocenters. The SMILES string of the molecule is COc1nc(-c2cccc(-c3cccc(NC(=O)c4ccnn(C)c4=O)c3C)c2F)cc2c1[C@@H](NC[C@@H]1CCC(=O)N1)CC2. The number of rotatable bonds is 8. The Hall–Kier alpha value is -4.90. The molecule has 226 valence electrons. The first kappa shape index (κ1) is 29.2. The lowest BCUT2D eigenvalue weighted by Crippen LogP contribution is -2.37. The molecule has 1 fully saturated rings. The van der Waals surface area contributed by atoms with E-state index in [1.54, 1.807) is 50.4 Å². The number of methoxy groups -OCH3 is 1. The maximum Gasteiger partial charge on any atom is 0.279 e. The Morgan fingerprint density at radius 1 is 1.09 bits per heavy atom. The van der Waals surface area contributed by atoms with Crippen molar-refractivity contribution < 1.29 is 18.7 Å². The number of carbonyl (C=O) groups excluding carboxylic acids is 2. The molecule has 1 aliphatic heterocycles. The second kappa shape index (κ2) is 12.0. The average Bonchev–Trinajstić information content (AvgIpc) is 3.63. The van der Waals surface area contributed by atoms with Crippen molar-refractivity contribution in [2.24, 2.45) is 7.05 Å². The zero-order chi connectivity index (χ0) is 31.0. The van der Waals surface area contributed by atoms with Crippen molar-refractivity contribution in [2.75, 3.05) is 19.0 Å². The fourth-order valence-electron chi connectivity index (χ4n) is 6.09. The normalized spacial score (nSPS) is 17.3. The number of amides is 2. The number of aryl methyl sites for hydroxylation is 2. The van der Waals surface area contributed by atoms with Gasteiger partial charge < -0.3 is 20.7 Å². The number of nitrogens with zero attached hydrogens (tertiary/aromatic N) is 3. The number of ether oxygens (including phenoxy) is 1. The van der Waals surface area contributed by atoms with Crippen molar-refractivity contribution in [1.29, 1.82) is 0 Å². The van der Waals surface area contributed by atoms with Crippen LogP contribution in [0.2, 0.25) is 0 Å². The molecule has 3 N–H and O–H groups in total. The molecule has 2 amide bonds. The number of pyridine rings is 1. The van der Waals surface area contributed by atoms with E-state index in [9.17, 15) is 14.4 Å². The Morgan fingerprint density at radius 3 is 2.64 bits per heavy atom. The summed E-state index contributed by atoms with van der Waals surface area (Å²) < 4.78 is 23.1. The molecule has 0 saturated carbocycles. The third-order valence-corrected chi connectivity index (χ3v) is 8.45. The molecule has 1 saturated heterocycles. The van der Waals surface area contributed by atoms with Crippen LogP contribution in [0.5, 0.6) is 5.88 Å². The summed E-state index contributed by atoms with van der Waals surface area (Å²) in [6, 6.07) is 13.8. The first-order valence-corrected chi connectivity index (χ1v) is 14.6. The van der Waals surface area contributed by atoms with Gasteiger partial charge in [0.2, 0.25) is 11.8 Å². The summed E-state index contributed by atoms with van der Waals surface area (Å²) in [5.74, 6) is -0.477. The van der Waals surface area contributed by atoms with Crippen LogP contribution < -0.4 is 26.2 Å². The molecule has 2 aromatic carbocycles. The number of fused-ring (bicyclic) bond motifs is 1. The van der Waals surface area contributed by atoms with Gasteiger partial charge in [-0.3, -0.25) is 14.4 Å². The van der Waals surface area contributed by atoms with Crippen LogP contribution in [0, 0.1) is 12.7 Å². The Balaban J connectivity index is 1.29. The van der Waals surface area contributed by atoms with Gasteiger partial charge in [-0.1, -0.05) is 24.3 Å². The molecular formula is C33H33FN6O4. The van der Waals surface area contributed by atoms with E-state index in [-0.39, 0.29) is 23.6 Å². The minimum Gasteiger partial charge on any atom is -0.481 e. The molecule has 2 atom stereocenters. The highest BCUT2D eigenvalue weighted by atomic mass is 19.1. The molecule has 0 spiro atoms. The Kier molecular flexibility index (Phi) is 7.96. The van der Waals surface area contributed by atoms with Crippen LogP contribution in [0.3, 0.4) is 0 Å². The van der Waals surface area contributed by atoms with Crippen LogP contribution >= 0.6 is 0 Å². The minimum absolute atomic E-state index is 0.0307. The number of hydrogen-bond donors (Lipinski definition) is 3. The van der Waals surface area contributed by atoms with E-state index in [1.807, 2.05) is 6.07 Å². The number of hydrogen-bond acceptors (Lipinski definition) is 7. The third kappa shape index (κ3) is 5.46. The van der Waals surface area contributed by atoms with Crippen LogP contribution in [0.4, 0.5) is 10.1 Å². The molecule has 3 heterocycles. The fourth-order valence-corrected chi connectivity index (χ4v) is 6.09. The molecule has 2 aliphatic rings. The highest BCUT2D eigenvalue weighted by Gasteiger charge is 2.30. The summed E-state index contributed by atoms with van der Waals surface area (Å²) in [6.07, 6.45) is 4.39. The predicted octanol–water partition coefficient (Wildman–Crippen LogP) is 4.07. The Labute approximate surface area is 253 Å². The van der Waals surface area contributed by atoms with Crippen molar-refractivity contribution in [1.82, 2.24) is 25.4 Å². The second-order valence-corrected chi connectivity index (χ2v) is 11.2. The smallest absolute Gasteiger partial charge is 0.279 e. The summed E-state index contributed by atoms with van der Waals surface area (Å²) in [4.78, 5) is 41.6. The zero-order valence-corrected chi connectivity index (χ0v) is 24.7. The van der Waals surface area contributed by atoms with Crippen LogP contribution in [-0.2, 0) is 18.3 Å². The summed E-state index contributed by atoms with van der Waals surface area (Å²) >= 11 is 0. The number of anilines is 1. The number of halogens is 1. The average molecular weight is 597 g/mol. The van der Waals surface area contributed by atoms with Gasteiger partial charge in [0, 0.05) is 60.7 Å². The molecule has 0 radical (unpaired) electrons. The van der Waals surface area contributed by atoms with Crippen LogP contribution in [-0.4, -0.2) is 46.3 Å². The van der Waals surface area contributed by atoms with Gasteiger partial charge in [0.05, 0.1) is 12.8 Å². The predicted molar refractivity (Wildman–Crippen MR) is 164 cm³/mol. The maximum atomic E-state index is 16.3. The summed E-state index contributed by atoms with van der Waals surface area (Å²) in [7, 11) is 3.04. The fraction of sp³-hybridized carbons (Fsp3) is 0.303. The lowest BCUT2D eigenvalue weighted by Gasteiger charge is -2.20. The van der Waals surface area contributed by atoms with Crippen LogP contribution in [0.15, 0.2) is 59.5 Å². The van der Waals surface area contributed by atoms with E-state index < -0.39 is 17.3 Å². The topological polar surface area (TPSA) is 127 Å². The monoisotopic (exact) mass is 596 g/mol. The number of aromatic nitrogens is 3. The van der Waals surface area contributed by atoms with Gasteiger partial charge in [-0.25, -0.2) is 14.1 Å². The number of nitrogens with one attached hydrogen (secondary N) is 3. The van der Waals surface area contributed by atoms with Crippen molar-refractivity contribution in [2.45, 2.75) is 44.7 Å². The highest BCUT2D eigenvalue weighted by Crippen LogP contribution is 2.41. The van der Waals surface area contributed by atoms with Crippen LogP contribution in [0.1, 0.15) is 52.4 Å². The van der Waals surface area contributed by atoms with E-state index in [1.165, 1.54) is 19.3 Å². The Morgan fingerprint density at radius 2 is 1.86 bits per heavy atom. The molecule has 4 aromatic rings. The summed E-state index contributed by atoms with van der Waals surface area (Å²) in [6.45, 7) is 2.46. The first-order chi connectivity index (χ1) is 21.2. The number of carbonyl (C=O) groups is 2. The van der Waals surface area contributed by atoms with Crippen LogP contribution in [0.25, 0.3) is 22.4 Å². The zero-order valence-electron chi connectivity index (χ0n) is 24.7. The lowest BCUT2D eigenvalue weighted by atomic mass is 9.95. The molecule has 6 rings (SSSR count).